The number of rotatable bonds is 2. The van der Waals surface area contributed by atoms with E-state index in [0.29, 0.717) is 10.9 Å². The molecule has 27 heavy (non-hydrogen) atoms. The van der Waals surface area contributed by atoms with Crippen molar-refractivity contribution >= 4 is 23.2 Å². The third-order valence-electron chi connectivity index (χ3n) is 3.67. The number of fused-ring (bicyclic) bond motifs is 1. The van der Waals surface area contributed by atoms with Gasteiger partial charge in [-0.1, -0.05) is 17.5 Å². The first-order chi connectivity index (χ1) is 12.6. The minimum absolute atomic E-state index is 0.00915. The molecule has 0 unspecified atom stereocenters. The van der Waals surface area contributed by atoms with Gasteiger partial charge >= 0.3 is 6.18 Å². The monoisotopic (exact) mass is 401 g/mol. The summed E-state index contributed by atoms with van der Waals surface area (Å²) in [6.45, 7) is -0.512. The van der Waals surface area contributed by atoms with Crippen LogP contribution >= 0.6 is 11.6 Å². The van der Waals surface area contributed by atoms with Crippen LogP contribution in [0.5, 0.6) is 5.75 Å². The summed E-state index contributed by atoms with van der Waals surface area (Å²) in [6, 6.07) is 1.93. The molecule has 11 heteroatoms. The Balaban J connectivity index is 2.20. The number of ether oxygens (including phenoxy) is 1. The second kappa shape index (κ2) is 6.59. The van der Waals surface area contributed by atoms with Crippen molar-refractivity contribution in [2.45, 2.75) is 6.18 Å². The van der Waals surface area contributed by atoms with Gasteiger partial charge in [-0.3, -0.25) is 19.1 Å². The van der Waals surface area contributed by atoms with Crippen molar-refractivity contribution in [3.63, 3.8) is 0 Å². The lowest BCUT2D eigenvalue weighted by Gasteiger charge is -2.28. The van der Waals surface area contributed by atoms with Crippen LogP contribution in [0.15, 0.2) is 23.3 Å². The van der Waals surface area contributed by atoms with Gasteiger partial charge in [-0.25, -0.2) is 9.37 Å². The molecular formula is C16H8ClF4N3O3. The number of carbonyl (C=O) groups is 1. The topological polar surface area (TPSA) is 64.4 Å². The number of carbonyl (C=O) groups excluding carboxylic acids is 1. The molecular weight excluding hydrogens is 394 g/mol. The lowest BCUT2D eigenvalue weighted by molar-refractivity contribution is -0.141. The van der Waals surface area contributed by atoms with Crippen molar-refractivity contribution in [3.8, 4) is 23.8 Å². The van der Waals surface area contributed by atoms with E-state index in [0.717, 1.165) is 17.0 Å². The molecule has 2 heterocycles. The number of alkyl halides is 3. The first-order valence-electron chi connectivity index (χ1n) is 7.20. The third-order valence-corrected chi connectivity index (χ3v) is 4.01. The molecule has 140 valence electrons. The summed E-state index contributed by atoms with van der Waals surface area (Å²) >= 11 is 5.48. The molecule has 1 amide bonds. The molecule has 0 bridgehead atoms. The number of hydrogen-bond donors (Lipinski definition) is 0. The van der Waals surface area contributed by atoms with E-state index in [9.17, 15) is 27.2 Å². The summed E-state index contributed by atoms with van der Waals surface area (Å²) < 4.78 is 58.5. The van der Waals surface area contributed by atoms with Crippen LogP contribution in [0, 0.1) is 18.2 Å². The van der Waals surface area contributed by atoms with Crippen molar-refractivity contribution in [2.75, 3.05) is 18.1 Å². The average Bonchev–Trinajstić information content (AvgIpc) is 2.59. The lowest BCUT2D eigenvalue weighted by atomic mass is 10.2. The Hall–Kier alpha value is -3.06. The average molecular weight is 402 g/mol. The number of hydrogen-bond acceptors (Lipinski definition) is 4. The Morgan fingerprint density at radius 2 is 2.00 bits per heavy atom. The summed E-state index contributed by atoms with van der Waals surface area (Å²) in [5.41, 5.74) is -3.33. The number of anilines is 1. The molecule has 0 N–H and O–H groups in total. The van der Waals surface area contributed by atoms with Gasteiger partial charge in [-0.2, -0.15) is 13.2 Å². The molecule has 0 atom stereocenters. The zero-order valence-electron chi connectivity index (χ0n) is 13.2. The maximum absolute atomic E-state index is 14.4. The summed E-state index contributed by atoms with van der Waals surface area (Å²) in [5, 5.41) is -1.21. The molecule has 0 aliphatic carbocycles. The number of terminal acetylenes is 1. The highest BCUT2D eigenvalue weighted by atomic mass is 35.5. The highest BCUT2D eigenvalue weighted by molar-refractivity contribution is 6.31. The molecule has 2 aromatic rings. The molecule has 3 rings (SSSR count). The summed E-state index contributed by atoms with van der Waals surface area (Å²) in [5.74, 6) is 0.744. The first kappa shape index (κ1) is 18.7. The molecule has 0 saturated heterocycles. The van der Waals surface area contributed by atoms with Gasteiger partial charge in [0.1, 0.15) is 17.1 Å². The van der Waals surface area contributed by atoms with E-state index < -0.39 is 39.9 Å². The Morgan fingerprint density at radius 1 is 1.30 bits per heavy atom. The van der Waals surface area contributed by atoms with Crippen LogP contribution in [-0.2, 0) is 11.0 Å². The predicted octanol–water partition coefficient (Wildman–Crippen LogP) is 2.40. The summed E-state index contributed by atoms with van der Waals surface area (Å²) in [7, 11) is 0. The fourth-order valence-corrected chi connectivity index (χ4v) is 2.71. The van der Waals surface area contributed by atoms with E-state index in [1.165, 1.54) is 0 Å². The summed E-state index contributed by atoms with van der Waals surface area (Å²) in [6.07, 6.45) is 0.759. The highest BCUT2D eigenvalue weighted by Gasteiger charge is 2.37. The number of aromatic nitrogens is 2. The maximum Gasteiger partial charge on any atom is 0.435 e. The van der Waals surface area contributed by atoms with E-state index >= 15 is 0 Å². The van der Waals surface area contributed by atoms with Gasteiger partial charge in [-0.15, -0.1) is 6.42 Å². The van der Waals surface area contributed by atoms with Gasteiger partial charge in [0.25, 0.3) is 11.5 Å². The summed E-state index contributed by atoms with van der Waals surface area (Å²) in [4.78, 5) is 28.4. The van der Waals surface area contributed by atoms with E-state index in [2.05, 4.69) is 10.9 Å². The van der Waals surface area contributed by atoms with Gasteiger partial charge in [-0.05, 0) is 6.07 Å². The second-order valence-corrected chi connectivity index (χ2v) is 5.70. The Morgan fingerprint density at radius 3 is 2.63 bits per heavy atom. The van der Waals surface area contributed by atoms with Crippen LogP contribution in [0.25, 0.3) is 5.69 Å². The van der Waals surface area contributed by atoms with Crippen molar-refractivity contribution in [3.05, 3.63) is 45.3 Å². The third kappa shape index (κ3) is 3.21. The van der Waals surface area contributed by atoms with Gasteiger partial charge in [0.15, 0.2) is 18.1 Å². The van der Waals surface area contributed by atoms with Gasteiger partial charge in [0, 0.05) is 6.07 Å². The number of amides is 1. The molecule has 0 spiro atoms. The lowest BCUT2D eigenvalue weighted by Crippen LogP contribution is -2.39. The number of benzene rings is 1. The molecule has 1 aliphatic heterocycles. The first-order valence-corrected chi connectivity index (χ1v) is 7.58. The zero-order valence-corrected chi connectivity index (χ0v) is 13.9. The predicted molar refractivity (Wildman–Crippen MR) is 86.5 cm³/mol. The standard InChI is InChI=1S/C16H8ClF4N3O3/c1-2-3-23-10-5-9(8(18)4-11(10)27-6-12(23)25)24-7-22-14(16(19,20)21)13(17)15(24)26/h1,4-5,7H,3,6H2. The molecule has 1 aromatic carbocycles. The van der Waals surface area contributed by atoms with Crippen LogP contribution in [0.3, 0.4) is 0 Å². The SMILES string of the molecule is C#CCN1C(=O)COc2cc(F)c(-n3cnc(C(F)(F)F)c(Cl)c3=O)cc21. The van der Waals surface area contributed by atoms with Crippen molar-refractivity contribution in [1.82, 2.24) is 9.55 Å². The largest absolute Gasteiger partial charge is 0.481 e. The molecule has 1 aromatic heterocycles. The van der Waals surface area contributed by atoms with Crippen molar-refractivity contribution in [2.24, 2.45) is 0 Å². The fraction of sp³-hybridized carbons (Fsp3) is 0.188. The van der Waals surface area contributed by atoms with E-state index in [1.807, 2.05) is 0 Å². The molecule has 0 fully saturated rings. The Labute approximate surface area is 153 Å². The van der Waals surface area contributed by atoms with Crippen molar-refractivity contribution < 1.29 is 27.1 Å². The Bertz CT molecular complexity index is 1040. The molecule has 0 radical (unpaired) electrons. The molecule has 1 aliphatic rings. The van der Waals surface area contributed by atoms with Crippen LogP contribution in [0.4, 0.5) is 23.2 Å². The fourth-order valence-electron chi connectivity index (χ4n) is 2.46. The van der Waals surface area contributed by atoms with Crippen LogP contribution in [0.1, 0.15) is 5.69 Å². The normalized spacial score (nSPS) is 13.8. The number of nitrogens with zero attached hydrogens (tertiary/aromatic N) is 3. The van der Waals surface area contributed by atoms with Crippen LogP contribution in [0.2, 0.25) is 5.02 Å². The van der Waals surface area contributed by atoms with E-state index in [1.54, 1.807) is 0 Å². The zero-order chi connectivity index (χ0) is 19.9. The van der Waals surface area contributed by atoms with Gasteiger partial charge in [0.2, 0.25) is 0 Å². The minimum Gasteiger partial charge on any atom is -0.481 e. The Kier molecular flexibility index (Phi) is 4.57. The van der Waals surface area contributed by atoms with Gasteiger partial charge < -0.3 is 4.74 Å². The highest BCUT2D eigenvalue weighted by Crippen LogP contribution is 2.36. The minimum atomic E-state index is -4.95. The smallest absolute Gasteiger partial charge is 0.435 e. The maximum atomic E-state index is 14.4. The van der Waals surface area contributed by atoms with E-state index in [-0.39, 0.29) is 24.6 Å². The van der Waals surface area contributed by atoms with Crippen LogP contribution < -0.4 is 15.2 Å². The molecule has 0 saturated carbocycles. The van der Waals surface area contributed by atoms with Gasteiger partial charge in [0.05, 0.1) is 17.9 Å². The van der Waals surface area contributed by atoms with E-state index in [4.69, 9.17) is 22.8 Å². The van der Waals surface area contributed by atoms with Crippen molar-refractivity contribution in [1.29, 1.82) is 0 Å². The number of halogens is 5. The second-order valence-electron chi connectivity index (χ2n) is 5.32. The molecule has 6 nitrogen and oxygen atoms in total. The quantitative estimate of drug-likeness (QED) is 0.572. The van der Waals surface area contributed by atoms with Crippen LogP contribution in [-0.4, -0.2) is 28.6 Å².